The zero-order chi connectivity index (χ0) is 41.8. The number of nitrogens with two attached hydrogens (primary N) is 1. The van der Waals surface area contributed by atoms with Gasteiger partial charge < -0.3 is 10.3 Å². The molecule has 1 heterocycles. The number of amidine groups is 1. The summed E-state index contributed by atoms with van der Waals surface area (Å²) < 4.78 is 2.37. The molecule has 0 radical (unpaired) electrons. The first-order valence-corrected chi connectivity index (χ1v) is 21.8. The second-order valence-electron chi connectivity index (χ2n) is 17.2. The zero-order valence-electron chi connectivity index (χ0n) is 35.1. The van der Waals surface area contributed by atoms with Crippen molar-refractivity contribution in [2.45, 2.75) is 38.5 Å². The summed E-state index contributed by atoms with van der Waals surface area (Å²) in [6.45, 7) is 4.72. The van der Waals surface area contributed by atoms with E-state index in [9.17, 15) is 0 Å². The highest BCUT2D eigenvalue weighted by atomic mass is 15.0. The summed E-state index contributed by atoms with van der Waals surface area (Å²) in [4.78, 5) is 5.26. The van der Waals surface area contributed by atoms with Gasteiger partial charge in [0.05, 0.1) is 16.7 Å². The van der Waals surface area contributed by atoms with E-state index >= 15 is 0 Å². The molecular formula is C59H47N3. The van der Waals surface area contributed by atoms with E-state index in [1.807, 2.05) is 30.3 Å². The van der Waals surface area contributed by atoms with Gasteiger partial charge in [-0.05, 0) is 116 Å². The topological polar surface area (TPSA) is 43.3 Å². The van der Waals surface area contributed by atoms with E-state index in [1.54, 1.807) is 0 Å². The lowest BCUT2D eigenvalue weighted by atomic mass is 9.79. The third-order valence-corrected chi connectivity index (χ3v) is 13.3. The van der Waals surface area contributed by atoms with Crippen LogP contribution in [0.5, 0.6) is 0 Å². The minimum absolute atomic E-state index is 0.0949. The Morgan fingerprint density at radius 3 is 2.05 bits per heavy atom. The molecule has 0 amide bonds. The summed E-state index contributed by atoms with van der Waals surface area (Å²) in [6, 6.07) is 70.1. The average molecular weight is 798 g/mol. The molecule has 2 aliphatic rings. The van der Waals surface area contributed by atoms with Crippen LogP contribution in [0.3, 0.4) is 0 Å². The number of hydrogen-bond donors (Lipinski definition) is 1. The van der Waals surface area contributed by atoms with Gasteiger partial charge >= 0.3 is 0 Å². The van der Waals surface area contributed by atoms with Gasteiger partial charge in [-0.15, -0.1) is 0 Å². The van der Waals surface area contributed by atoms with E-state index in [-0.39, 0.29) is 5.41 Å². The van der Waals surface area contributed by atoms with Crippen molar-refractivity contribution in [1.29, 1.82) is 0 Å². The standard InChI is InChI=1S/C59H47N3/c1-59(2)53-26-13-11-23-48(53)51-25-15-18-41(57(51)59)32-36-54(61-58(60)42-16-5-3-6-17-42)49-35-34-45(46-21-9-10-22-47(46)49)40-30-28-39(29-31-40)43-33-37-56-52(38-43)50-24-12-14-27-55(50)62(56)44-19-7-4-8-20-44/h3-31,33,36-38H,32,34-35H2,1-2H3,(H2,60,61)/b54-36-. The van der Waals surface area contributed by atoms with Crippen molar-refractivity contribution in [3.05, 3.63) is 244 Å². The number of aromatic nitrogens is 1. The van der Waals surface area contributed by atoms with E-state index in [2.05, 4.69) is 188 Å². The smallest absolute Gasteiger partial charge is 0.131 e. The van der Waals surface area contributed by atoms with E-state index in [4.69, 9.17) is 10.7 Å². The van der Waals surface area contributed by atoms with Gasteiger partial charge in [0.2, 0.25) is 0 Å². The van der Waals surface area contributed by atoms with Crippen LogP contribution in [-0.4, -0.2) is 10.4 Å². The zero-order valence-corrected chi connectivity index (χ0v) is 35.1. The minimum atomic E-state index is -0.0949. The molecule has 0 saturated carbocycles. The number of aliphatic imine (C=N–C) groups is 1. The number of fused-ring (bicyclic) bond motifs is 7. The van der Waals surface area contributed by atoms with Crippen LogP contribution in [0.4, 0.5) is 0 Å². The molecule has 0 unspecified atom stereocenters. The minimum Gasteiger partial charge on any atom is -0.383 e. The normalized spacial score (nSPS) is 14.5. The molecule has 0 saturated heterocycles. The van der Waals surface area contributed by atoms with Crippen molar-refractivity contribution in [2.75, 3.05) is 0 Å². The average Bonchev–Trinajstić information content (AvgIpc) is 3.78. The van der Waals surface area contributed by atoms with Gasteiger partial charge in [0, 0.05) is 27.4 Å². The number of para-hydroxylation sites is 2. The van der Waals surface area contributed by atoms with Crippen LogP contribution < -0.4 is 16.2 Å². The highest BCUT2D eigenvalue weighted by Gasteiger charge is 2.36. The van der Waals surface area contributed by atoms with Crippen molar-refractivity contribution in [2.24, 2.45) is 10.7 Å². The maximum atomic E-state index is 6.84. The van der Waals surface area contributed by atoms with Gasteiger partial charge in [-0.25, -0.2) is 4.99 Å². The molecule has 0 bridgehead atoms. The van der Waals surface area contributed by atoms with Crippen molar-refractivity contribution < 1.29 is 0 Å². The fourth-order valence-corrected chi connectivity index (χ4v) is 10.3. The number of allylic oxidation sites excluding steroid dienone is 2. The molecule has 2 N–H and O–H groups in total. The van der Waals surface area contributed by atoms with Crippen LogP contribution in [0, 0.1) is 0 Å². The molecule has 0 fully saturated rings. The van der Waals surface area contributed by atoms with Gasteiger partial charge in [-0.3, -0.25) is 0 Å². The van der Waals surface area contributed by atoms with Gasteiger partial charge in [0.15, 0.2) is 0 Å². The quantitative estimate of drug-likeness (QED) is 0.121. The molecule has 9 aromatic rings. The summed E-state index contributed by atoms with van der Waals surface area (Å²) in [7, 11) is 0. The Bertz CT molecular complexity index is 3380. The summed E-state index contributed by atoms with van der Waals surface area (Å²) in [5.41, 5.74) is 25.3. The van der Waals surface area contributed by atoms with Crippen LogP contribution in [0.25, 0.3) is 60.9 Å². The summed E-state index contributed by atoms with van der Waals surface area (Å²) in [5.74, 6) is 0.529. The number of hydrogen-bond acceptors (Lipinski definition) is 1. The third-order valence-electron chi connectivity index (χ3n) is 13.3. The van der Waals surface area contributed by atoms with Gasteiger partial charge in [-0.2, -0.15) is 0 Å². The first-order chi connectivity index (χ1) is 30.4. The van der Waals surface area contributed by atoms with Crippen LogP contribution in [0.15, 0.2) is 211 Å². The number of rotatable bonds is 8. The Hall–Kier alpha value is -7.49. The maximum Gasteiger partial charge on any atom is 0.131 e. The molecule has 62 heavy (non-hydrogen) atoms. The lowest BCUT2D eigenvalue weighted by Gasteiger charge is -2.24. The monoisotopic (exact) mass is 797 g/mol. The Labute approximate surface area is 363 Å². The first kappa shape index (κ1) is 37.5. The van der Waals surface area contributed by atoms with Gasteiger partial charge in [-0.1, -0.05) is 184 Å². The number of nitrogens with zero attached hydrogens (tertiary/aromatic N) is 2. The molecule has 298 valence electrons. The predicted octanol–water partition coefficient (Wildman–Crippen LogP) is 12.4. The summed E-state index contributed by atoms with van der Waals surface area (Å²) in [5, 5.41) is 5.00. The van der Waals surface area contributed by atoms with Gasteiger partial charge in [0.1, 0.15) is 5.84 Å². The molecule has 3 heteroatoms. The lowest BCUT2D eigenvalue weighted by molar-refractivity contribution is 0.653. The molecule has 0 atom stereocenters. The van der Waals surface area contributed by atoms with E-state index in [0.29, 0.717) is 5.84 Å². The first-order valence-electron chi connectivity index (χ1n) is 21.8. The lowest BCUT2D eigenvalue weighted by Crippen LogP contribution is -2.33. The van der Waals surface area contributed by atoms with Crippen molar-refractivity contribution in [3.8, 4) is 27.9 Å². The van der Waals surface area contributed by atoms with Crippen molar-refractivity contribution in [1.82, 2.24) is 4.57 Å². The molecule has 0 aliphatic heterocycles. The fraction of sp³-hybridized carbons (Fsp3) is 0.102. The molecule has 2 aliphatic carbocycles. The maximum absolute atomic E-state index is 6.84. The third kappa shape index (κ3) is 6.32. The second kappa shape index (κ2) is 15.2. The van der Waals surface area contributed by atoms with E-state index in [0.717, 1.165) is 30.5 Å². The van der Waals surface area contributed by atoms with Crippen LogP contribution >= 0.6 is 0 Å². The van der Waals surface area contributed by atoms with Crippen molar-refractivity contribution >= 4 is 38.8 Å². The molecule has 11 rings (SSSR count). The SMILES string of the molecule is CC1(C)c2ccccc2-c2cccc(C/C=C(\N=C(N)c3ccccc3)C3=c4ccccc4=C(c4ccc(-c5ccc6c(c5)c5ccccc5n6-c5ccccc5)cc4)CC3)c21. The van der Waals surface area contributed by atoms with Crippen LogP contribution in [-0.2, 0) is 11.8 Å². The highest BCUT2D eigenvalue weighted by molar-refractivity contribution is 6.10. The van der Waals surface area contributed by atoms with Crippen LogP contribution in [0.2, 0.25) is 0 Å². The Kier molecular flexibility index (Phi) is 9.20. The van der Waals surface area contributed by atoms with E-state index in [1.165, 1.54) is 93.6 Å². The fourth-order valence-electron chi connectivity index (χ4n) is 10.3. The van der Waals surface area contributed by atoms with Crippen molar-refractivity contribution in [3.63, 3.8) is 0 Å². The summed E-state index contributed by atoms with van der Waals surface area (Å²) >= 11 is 0. The Morgan fingerprint density at radius 2 is 1.23 bits per heavy atom. The van der Waals surface area contributed by atoms with Crippen LogP contribution in [0.1, 0.15) is 54.5 Å². The largest absolute Gasteiger partial charge is 0.383 e. The molecule has 1 aromatic heterocycles. The van der Waals surface area contributed by atoms with E-state index < -0.39 is 0 Å². The molecule has 3 nitrogen and oxygen atoms in total. The predicted molar refractivity (Wildman–Crippen MR) is 260 cm³/mol. The molecular weight excluding hydrogens is 751 g/mol. The number of benzene rings is 8. The molecule has 8 aromatic carbocycles. The Morgan fingerprint density at radius 1 is 0.581 bits per heavy atom. The Balaban J connectivity index is 0.995. The summed E-state index contributed by atoms with van der Waals surface area (Å²) in [6.07, 6.45) is 4.84. The molecule has 0 spiro atoms. The highest BCUT2D eigenvalue weighted by Crippen LogP contribution is 2.50. The van der Waals surface area contributed by atoms with Gasteiger partial charge in [0.25, 0.3) is 0 Å². The second-order valence-corrected chi connectivity index (χ2v) is 17.2.